The third-order valence-corrected chi connectivity index (χ3v) is 8.27. The van der Waals surface area contributed by atoms with Crippen LogP contribution in [0, 0.1) is 6.92 Å². The zero-order valence-electron chi connectivity index (χ0n) is 19.0. The van der Waals surface area contributed by atoms with Crippen molar-refractivity contribution in [2.24, 2.45) is 0 Å². The summed E-state index contributed by atoms with van der Waals surface area (Å²) in [5, 5.41) is 0.425. The van der Waals surface area contributed by atoms with E-state index in [1.54, 1.807) is 11.0 Å². The first kappa shape index (κ1) is 22.8. The molecular weight excluding hydrogens is 454 g/mol. The van der Waals surface area contributed by atoms with Crippen LogP contribution in [0.2, 0.25) is 0 Å². The second kappa shape index (κ2) is 8.98. The number of aromatic amines is 1. The van der Waals surface area contributed by atoms with Crippen LogP contribution in [-0.2, 0) is 21.3 Å². The van der Waals surface area contributed by atoms with E-state index < -0.39 is 15.6 Å². The van der Waals surface area contributed by atoms with Crippen LogP contribution in [-0.4, -0.2) is 60.9 Å². The van der Waals surface area contributed by atoms with E-state index in [2.05, 4.69) is 4.98 Å². The normalized spacial score (nSPS) is 17.1. The van der Waals surface area contributed by atoms with Gasteiger partial charge in [-0.2, -0.15) is 4.31 Å². The maximum absolute atomic E-state index is 13.7. The fourth-order valence-electron chi connectivity index (χ4n) is 4.30. The van der Waals surface area contributed by atoms with Gasteiger partial charge >= 0.3 is 0 Å². The van der Waals surface area contributed by atoms with Gasteiger partial charge < -0.3 is 14.6 Å². The number of sulfonamides is 1. The summed E-state index contributed by atoms with van der Waals surface area (Å²) in [6.45, 7) is 3.70. The number of H-pyrrole nitrogens is 1. The Morgan fingerprint density at radius 3 is 2.47 bits per heavy atom. The standard InChI is InChI=1S/C25H27N3O5S/c1-17-2-4-18(5-3-17)16-28(19-6-7-19)25(30)22-15-24(29)26-23-9-8-20(14-21(22)23)34(31,32)27-10-12-33-13-11-27/h2-5,8-9,14-15,19H,6-7,10-13,16H2,1H3,(H,26,29). The molecule has 2 aliphatic rings. The fourth-order valence-corrected chi connectivity index (χ4v) is 5.74. The van der Waals surface area contributed by atoms with Crippen molar-refractivity contribution in [3.8, 4) is 0 Å². The van der Waals surface area contributed by atoms with Crippen molar-refractivity contribution in [1.82, 2.24) is 14.2 Å². The number of carbonyl (C=O) groups is 1. The van der Waals surface area contributed by atoms with Gasteiger partial charge in [0.05, 0.1) is 23.7 Å². The predicted molar refractivity (Wildman–Crippen MR) is 128 cm³/mol. The summed E-state index contributed by atoms with van der Waals surface area (Å²) in [7, 11) is -3.75. The molecule has 1 N–H and O–H groups in total. The SMILES string of the molecule is Cc1ccc(CN(C(=O)c2cc(=O)[nH]c3ccc(S(=O)(=O)N4CCOCC4)cc23)C2CC2)cc1. The first-order valence-corrected chi connectivity index (χ1v) is 12.9. The molecule has 2 aromatic carbocycles. The first-order valence-electron chi connectivity index (χ1n) is 11.4. The molecule has 0 radical (unpaired) electrons. The van der Waals surface area contributed by atoms with Crippen LogP contribution in [0.1, 0.15) is 34.3 Å². The van der Waals surface area contributed by atoms with E-state index in [0.29, 0.717) is 30.7 Å². The minimum absolute atomic E-state index is 0.0968. The maximum atomic E-state index is 13.7. The third kappa shape index (κ3) is 4.51. The Morgan fingerprint density at radius 1 is 1.09 bits per heavy atom. The van der Waals surface area contributed by atoms with Crippen LogP contribution < -0.4 is 5.56 Å². The third-order valence-electron chi connectivity index (χ3n) is 6.37. The molecule has 1 saturated carbocycles. The van der Waals surface area contributed by atoms with Crippen molar-refractivity contribution in [2.75, 3.05) is 26.3 Å². The number of aryl methyl sites for hydroxylation is 1. The summed E-state index contributed by atoms with van der Waals surface area (Å²) >= 11 is 0. The van der Waals surface area contributed by atoms with E-state index in [4.69, 9.17) is 4.74 Å². The molecule has 178 valence electrons. The number of aromatic nitrogens is 1. The Balaban J connectivity index is 1.54. The van der Waals surface area contributed by atoms with Crippen molar-refractivity contribution < 1.29 is 17.9 Å². The van der Waals surface area contributed by atoms with Gasteiger partial charge in [-0.3, -0.25) is 9.59 Å². The Kier molecular flexibility index (Phi) is 6.01. The van der Waals surface area contributed by atoms with Gasteiger partial charge in [0.2, 0.25) is 15.6 Å². The summed E-state index contributed by atoms with van der Waals surface area (Å²) in [6, 6.07) is 13.9. The minimum Gasteiger partial charge on any atom is -0.379 e. The number of carbonyl (C=O) groups excluding carboxylic acids is 1. The Hall–Kier alpha value is -3.01. The number of nitrogens with zero attached hydrogens (tertiary/aromatic N) is 2. The highest BCUT2D eigenvalue weighted by molar-refractivity contribution is 7.89. The first-order chi connectivity index (χ1) is 16.3. The summed E-state index contributed by atoms with van der Waals surface area (Å²) in [5.74, 6) is -0.264. The van der Waals surface area contributed by atoms with Gasteiger partial charge in [-0.05, 0) is 43.5 Å². The van der Waals surface area contributed by atoms with E-state index in [1.165, 1.54) is 22.5 Å². The number of hydrogen-bond donors (Lipinski definition) is 1. The number of fused-ring (bicyclic) bond motifs is 1. The molecule has 1 saturated heterocycles. The van der Waals surface area contributed by atoms with Crippen molar-refractivity contribution in [1.29, 1.82) is 0 Å². The molecule has 2 heterocycles. The van der Waals surface area contributed by atoms with Crippen molar-refractivity contribution >= 4 is 26.8 Å². The number of amides is 1. The number of benzene rings is 2. The lowest BCUT2D eigenvalue weighted by Crippen LogP contribution is -2.40. The zero-order chi connectivity index (χ0) is 23.9. The van der Waals surface area contributed by atoms with Crippen LogP contribution in [0.5, 0.6) is 0 Å². The zero-order valence-corrected chi connectivity index (χ0v) is 19.8. The summed E-state index contributed by atoms with van der Waals surface area (Å²) in [5.41, 5.74) is 2.41. The highest BCUT2D eigenvalue weighted by Crippen LogP contribution is 2.31. The number of nitrogens with one attached hydrogen (secondary N) is 1. The molecule has 0 unspecified atom stereocenters. The van der Waals surface area contributed by atoms with Crippen molar-refractivity contribution in [3.63, 3.8) is 0 Å². The molecular formula is C25H27N3O5S. The summed E-state index contributed by atoms with van der Waals surface area (Å²) < 4.78 is 33.1. The van der Waals surface area contributed by atoms with Crippen LogP contribution >= 0.6 is 0 Å². The molecule has 0 bridgehead atoms. The quantitative estimate of drug-likeness (QED) is 0.584. The molecule has 9 heteroatoms. The highest BCUT2D eigenvalue weighted by Gasteiger charge is 2.34. The lowest BCUT2D eigenvalue weighted by atomic mass is 10.1. The van der Waals surface area contributed by atoms with Crippen LogP contribution in [0.4, 0.5) is 0 Å². The lowest BCUT2D eigenvalue weighted by Gasteiger charge is -2.26. The van der Waals surface area contributed by atoms with Crippen LogP contribution in [0.15, 0.2) is 58.2 Å². The second-order valence-electron chi connectivity index (χ2n) is 8.92. The van der Waals surface area contributed by atoms with Gasteiger partial charge in [-0.25, -0.2) is 8.42 Å². The average Bonchev–Trinajstić information content (AvgIpc) is 3.68. The molecule has 1 aliphatic carbocycles. The van der Waals surface area contributed by atoms with Gasteiger partial charge in [0.15, 0.2) is 0 Å². The molecule has 5 rings (SSSR count). The van der Waals surface area contributed by atoms with Crippen LogP contribution in [0.3, 0.4) is 0 Å². The fraction of sp³-hybridized carbons (Fsp3) is 0.360. The molecule has 2 fully saturated rings. The molecule has 34 heavy (non-hydrogen) atoms. The summed E-state index contributed by atoms with van der Waals surface area (Å²) in [4.78, 5) is 30.7. The number of pyridine rings is 1. The highest BCUT2D eigenvalue weighted by atomic mass is 32.2. The molecule has 1 aliphatic heterocycles. The van der Waals surface area contributed by atoms with E-state index in [-0.39, 0.29) is 35.5 Å². The van der Waals surface area contributed by atoms with Gasteiger partial charge in [-0.1, -0.05) is 29.8 Å². The van der Waals surface area contributed by atoms with Gasteiger partial charge in [-0.15, -0.1) is 0 Å². The molecule has 1 aromatic heterocycles. The largest absolute Gasteiger partial charge is 0.379 e. The molecule has 1 amide bonds. The van der Waals surface area contributed by atoms with E-state index in [0.717, 1.165) is 24.0 Å². The monoisotopic (exact) mass is 481 g/mol. The number of rotatable bonds is 6. The Morgan fingerprint density at radius 2 is 1.79 bits per heavy atom. The number of morpholine rings is 1. The van der Waals surface area contributed by atoms with E-state index in [9.17, 15) is 18.0 Å². The van der Waals surface area contributed by atoms with Crippen LogP contribution in [0.25, 0.3) is 10.9 Å². The van der Waals surface area contributed by atoms with Gasteiger partial charge in [0, 0.05) is 42.6 Å². The molecule has 0 spiro atoms. The Bertz CT molecular complexity index is 1390. The van der Waals surface area contributed by atoms with E-state index in [1.807, 2.05) is 31.2 Å². The number of hydrogen-bond acceptors (Lipinski definition) is 5. The maximum Gasteiger partial charge on any atom is 0.255 e. The number of ether oxygens (including phenoxy) is 1. The molecule has 8 nitrogen and oxygen atoms in total. The van der Waals surface area contributed by atoms with Crippen molar-refractivity contribution in [3.05, 3.63) is 75.6 Å². The molecule has 0 atom stereocenters. The average molecular weight is 482 g/mol. The summed E-state index contributed by atoms with van der Waals surface area (Å²) in [6.07, 6.45) is 1.82. The predicted octanol–water partition coefficient (Wildman–Crippen LogP) is 2.66. The second-order valence-corrected chi connectivity index (χ2v) is 10.9. The van der Waals surface area contributed by atoms with Gasteiger partial charge in [0.1, 0.15) is 0 Å². The van der Waals surface area contributed by atoms with E-state index >= 15 is 0 Å². The molecule has 3 aromatic rings. The Labute approximate surface area is 198 Å². The smallest absolute Gasteiger partial charge is 0.255 e. The topological polar surface area (TPSA) is 99.8 Å². The minimum atomic E-state index is -3.75. The van der Waals surface area contributed by atoms with Crippen molar-refractivity contribution in [2.45, 2.75) is 37.2 Å². The lowest BCUT2D eigenvalue weighted by molar-refractivity contribution is 0.0730. The van der Waals surface area contributed by atoms with Gasteiger partial charge in [0.25, 0.3) is 5.91 Å².